The maximum Gasteiger partial charge on any atom is 0.323 e. The lowest BCUT2D eigenvalue weighted by Gasteiger charge is -2.12. The maximum absolute atomic E-state index is 12.1. The zero-order valence-electron chi connectivity index (χ0n) is 14.2. The second-order valence-corrected chi connectivity index (χ2v) is 5.09. The van der Waals surface area contributed by atoms with Gasteiger partial charge in [-0.15, -0.1) is 0 Å². The van der Waals surface area contributed by atoms with Crippen molar-refractivity contribution >= 4 is 29.0 Å². The maximum atomic E-state index is 12.1. The Morgan fingerprint density at radius 1 is 1.04 bits per heavy atom. The number of nitrogens with one attached hydrogen (secondary N) is 3. The molecule has 132 valence electrons. The van der Waals surface area contributed by atoms with Crippen LogP contribution in [0, 0.1) is 0 Å². The zero-order chi connectivity index (χ0) is 18.2. The molecular formula is C17H20N4O4. The van der Waals surface area contributed by atoms with Gasteiger partial charge in [0.2, 0.25) is 5.88 Å². The molecule has 0 saturated carbocycles. The third-order valence-corrected chi connectivity index (χ3v) is 3.32. The Kier molecular flexibility index (Phi) is 6.30. The lowest BCUT2D eigenvalue weighted by atomic mass is 10.2. The number of hydrogen-bond acceptors (Lipinski definition) is 5. The highest BCUT2D eigenvalue weighted by Gasteiger charge is 2.12. The monoisotopic (exact) mass is 344 g/mol. The molecule has 1 atom stereocenters. The second-order valence-electron chi connectivity index (χ2n) is 5.09. The third kappa shape index (κ3) is 5.18. The number of hydrogen-bond donors (Lipinski definition) is 3. The van der Waals surface area contributed by atoms with Gasteiger partial charge < -0.3 is 25.4 Å². The van der Waals surface area contributed by atoms with Crippen LogP contribution in [0.25, 0.3) is 0 Å². The van der Waals surface area contributed by atoms with E-state index in [2.05, 4.69) is 20.9 Å². The number of amides is 3. The van der Waals surface area contributed by atoms with E-state index in [0.29, 0.717) is 22.9 Å². The van der Waals surface area contributed by atoms with Crippen molar-refractivity contribution in [3.63, 3.8) is 0 Å². The third-order valence-electron chi connectivity index (χ3n) is 3.32. The molecule has 1 aromatic carbocycles. The van der Waals surface area contributed by atoms with E-state index in [9.17, 15) is 9.59 Å². The summed E-state index contributed by atoms with van der Waals surface area (Å²) in [7, 11) is 2.93. The first-order chi connectivity index (χ1) is 12.0. The Labute approximate surface area is 145 Å². The first-order valence-electron chi connectivity index (χ1n) is 7.54. The Morgan fingerprint density at radius 3 is 2.44 bits per heavy atom. The van der Waals surface area contributed by atoms with Crippen molar-refractivity contribution < 1.29 is 19.1 Å². The number of methoxy groups -OCH3 is 2. The molecule has 0 aliphatic carbocycles. The molecule has 0 aliphatic heterocycles. The molecule has 0 radical (unpaired) electrons. The number of rotatable bonds is 6. The highest BCUT2D eigenvalue weighted by molar-refractivity contribution is 6.01. The molecule has 0 unspecified atom stereocenters. The van der Waals surface area contributed by atoms with Crippen molar-refractivity contribution in [3.8, 4) is 5.88 Å². The number of pyridine rings is 1. The largest absolute Gasteiger partial charge is 0.480 e. The van der Waals surface area contributed by atoms with Crippen LogP contribution in [0.1, 0.15) is 6.92 Å². The number of carbonyl (C=O) groups is 2. The minimum Gasteiger partial charge on any atom is -0.480 e. The van der Waals surface area contributed by atoms with Crippen LogP contribution >= 0.6 is 0 Å². The first-order valence-corrected chi connectivity index (χ1v) is 7.54. The molecule has 8 nitrogen and oxygen atoms in total. The van der Waals surface area contributed by atoms with Crippen LogP contribution in [0.2, 0.25) is 0 Å². The topological polar surface area (TPSA) is 102 Å². The Bertz CT molecular complexity index is 751. The molecule has 0 aliphatic rings. The van der Waals surface area contributed by atoms with Crippen molar-refractivity contribution in [1.29, 1.82) is 0 Å². The highest BCUT2D eigenvalue weighted by atomic mass is 16.5. The molecule has 3 amide bonds. The quantitative estimate of drug-likeness (QED) is 0.748. The summed E-state index contributed by atoms with van der Waals surface area (Å²) in [5.41, 5.74) is 1.51. The minimum absolute atomic E-state index is 0.274. The Balaban J connectivity index is 2.01. The van der Waals surface area contributed by atoms with E-state index >= 15 is 0 Å². The molecule has 0 saturated heterocycles. The first kappa shape index (κ1) is 18.2. The Morgan fingerprint density at radius 2 is 1.76 bits per heavy atom. The molecular weight excluding hydrogens is 324 g/mol. The van der Waals surface area contributed by atoms with Crippen molar-refractivity contribution in [2.75, 3.05) is 30.2 Å². The smallest absolute Gasteiger partial charge is 0.323 e. The summed E-state index contributed by atoms with van der Waals surface area (Å²) in [5.74, 6) is 0.0383. The van der Waals surface area contributed by atoms with Gasteiger partial charge in [-0.05, 0) is 37.3 Å². The summed E-state index contributed by atoms with van der Waals surface area (Å²) >= 11 is 0. The summed E-state index contributed by atoms with van der Waals surface area (Å²) in [6.45, 7) is 1.65. The lowest BCUT2D eigenvalue weighted by Crippen LogP contribution is -2.26. The second kappa shape index (κ2) is 8.65. The van der Waals surface area contributed by atoms with Gasteiger partial charge in [0.25, 0.3) is 5.91 Å². The van der Waals surface area contributed by atoms with Crippen molar-refractivity contribution in [1.82, 2.24) is 4.98 Å². The predicted octanol–water partition coefficient (Wildman–Crippen LogP) is 2.71. The predicted molar refractivity (Wildman–Crippen MR) is 95.0 cm³/mol. The average Bonchev–Trinajstić information content (AvgIpc) is 2.61. The fourth-order valence-electron chi connectivity index (χ4n) is 1.96. The summed E-state index contributed by atoms with van der Waals surface area (Å²) in [4.78, 5) is 28.0. The molecule has 0 bridgehead atoms. The van der Waals surface area contributed by atoms with E-state index in [4.69, 9.17) is 9.47 Å². The van der Waals surface area contributed by atoms with Gasteiger partial charge in [-0.3, -0.25) is 4.79 Å². The molecule has 1 aromatic heterocycles. The lowest BCUT2D eigenvalue weighted by molar-refractivity contribution is -0.124. The number of anilines is 3. The molecule has 1 heterocycles. The molecule has 2 aromatic rings. The SMILES string of the molecule is COc1ncccc1NC(=O)Nc1cccc(NC(=O)[C@@H](C)OC)c1. The standard InChI is InChI=1S/C17H20N4O4/c1-11(24-2)15(22)19-12-6-4-7-13(10-12)20-17(23)21-14-8-5-9-18-16(14)25-3/h4-11H,1-3H3,(H,19,22)(H2,20,21,23)/t11-/m1/s1. The van der Waals surface area contributed by atoms with Crippen LogP contribution in [0.5, 0.6) is 5.88 Å². The van der Waals surface area contributed by atoms with Gasteiger partial charge >= 0.3 is 6.03 Å². The van der Waals surface area contributed by atoms with Crippen LogP contribution in [-0.2, 0) is 9.53 Å². The number of ether oxygens (including phenoxy) is 2. The van der Waals surface area contributed by atoms with Gasteiger partial charge in [-0.2, -0.15) is 0 Å². The van der Waals surface area contributed by atoms with Crippen LogP contribution in [0.4, 0.5) is 21.9 Å². The highest BCUT2D eigenvalue weighted by Crippen LogP contribution is 2.21. The fourth-order valence-corrected chi connectivity index (χ4v) is 1.96. The number of nitrogens with zero attached hydrogens (tertiary/aromatic N) is 1. The normalized spacial score (nSPS) is 11.3. The van der Waals surface area contributed by atoms with Crippen LogP contribution < -0.4 is 20.7 Å². The molecule has 25 heavy (non-hydrogen) atoms. The summed E-state index contributed by atoms with van der Waals surface area (Å²) in [6, 6.07) is 9.68. The summed E-state index contributed by atoms with van der Waals surface area (Å²) < 4.78 is 10.0. The van der Waals surface area contributed by atoms with Crippen molar-refractivity contribution in [2.45, 2.75) is 13.0 Å². The van der Waals surface area contributed by atoms with Gasteiger partial charge in [0.1, 0.15) is 11.8 Å². The van der Waals surface area contributed by atoms with Crippen molar-refractivity contribution in [3.05, 3.63) is 42.6 Å². The van der Waals surface area contributed by atoms with E-state index in [0.717, 1.165) is 0 Å². The van der Waals surface area contributed by atoms with E-state index in [1.54, 1.807) is 49.5 Å². The fraction of sp³-hybridized carbons (Fsp3) is 0.235. The van der Waals surface area contributed by atoms with Crippen LogP contribution in [0.15, 0.2) is 42.6 Å². The van der Waals surface area contributed by atoms with E-state index in [-0.39, 0.29) is 5.91 Å². The van der Waals surface area contributed by atoms with Gasteiger partial charge in [0.15, 0.2) is 0 Å². The Hall–Kier alpha value is -3.13. The van der Waals surface area contributed by atoms with Gasteiger partial charge in [-0.25, -0.2) is 9.78 Å². The summed E-state index contributed by atoms with van der Waals surface area (Å²) in [6.07, 6.45) is 0.993. The molecule has 8 heteroatoms. The van der Waals surface area contributed by atoms with Crippen LogP contribution in [-0.4, -0.2) is 37.2 Å². The van der Waals surface area contributed by atoms with E-state index in [1.165, 1.54) is 14.2 Å². The molecule has 3 N–H and O–H groups in total. The van der Waals surface area contributed by atoms with Crippen molar-refractivity contribution in [2.24, 2.45) is 0 Å². The molecule has 0 spiro atoms. The minimum atomic E-state index is -0.571. The van der Waals surface area contributed by atoms with Gasteiger partial charge in [-0.1, -0.05) is 6.07 Å². The van der Waals surface area contributed by atoms with Gasteiger partial charge in [0.05, 0.1) is 7.11 Å². The molecule has 0 fully saturated rings. The number of aromatic nitrogens is 1. The van der Waals surface area contributed by atoms with Crippen LogP contribution in [0.3, 0.4) is 0 Å². The average molecular weight is 344 g/mol. The van der Waals surface area contributed by atoms with E-state index < -0.39 is 12.1 Å². The number of benzene rings is 1. The summed E-state index contributed by atoms with van der Waals surface area (Å²) in [5, 5.41) is 8.04. The van der Waals surface area contributed by atoms with Gasteiger partial charge in [0, 0.05) is 24.7 Å². The number of urea groups is 1. The molecule has 2 rings (SSSR count). The van der Waals surface area contributed by atoms with E-state index in [1.807, 2.05) is 0 Å². The number of carbonyl (C=O) groups excluding carboxylic acids is 2. The zero-order valence-corrected chi connectivity index (χ0v) is 14.2.